The first kappa shape index (κ1) is 26.4. The Bertz CT molecular complexity index is 672. The van der Waals surface area contributed by atoms with Crippen molar-refractivity contribution < 1.29 is 14.4 Å². The van der Waals surface area contributed by atoms with Gasteiger partial charge in [-0.1, -0.05) is 79.8 Å². The van der Waals surface area contributed by atoms with Crippen LogP contribution in [0.4, 0.5) is 0 Å². The van der Waals surface area contributed by atoms with E-state index in [1.54, 1.807) is 0 Å². The van der Waals surface area contributed by atoms with Gasteiger partial charge in [-0.15, -0.1) is 0 Å². The van der Waals surface area contributed by atoms with Crippen molar-refractivity contribution in [2.75, 3.05) is 6.54 Å². The van der Waals surface area contributed by atoms with Gasteiger partial charge in [0.2, 0.25) is 11.8 Å². The highest BCUT2D eigenvalue weighted by molar-refractivity contribution is 5.78. The highest BCUT2D eigenvalue weighted by Gasteiger charge is 2.22. The molecule has 0 aromatic heterocycles. The van der Waals surface area contributed by atoms with E-state index < -0.39 is 0 Å². The Hall–Kier alpha value is -2.66. The van der Waals surface area contributed by atoms with E-state index in [1.807, 2.05) is 6.08 Å². The van der Waals surface area contributed by atoms with Gasteiger partial charge in [0.15, 0.2) is 0 Å². The number of amides is 2. The maximum Gasteiger partial charge on any atom is 0.246 e. The number of hydroxylamine groups is 1. The Morgan fingerprint density at radius 3 is 1.81 bits per heavy atom. The Morgan fingerprint density at radius 1 is 0.871 bits per heavy atom. The molecule has 0 spiro atoms. The Labute approximate surface area is 187 Å². The Kier molecular flexibility index (Phi) is 16.4. The molecule has 31 heavy (non-hydrogen) atoms. The second-order valence-electron chi connectivity index (χ2n) is 7.23. The Balaban J connectivity index is 1.94. The topological polar surface area (TPSA) is 67.4 Å². The van der Waals surface area contributed by atoms with E-state index in [4.69, 9.17) is 4.84 Å². The second-order valence-corrected chi connectivity index (χ2v) is 7.23. The summed E-state index contributed by atoms with van der Waals surface area (Å²) >= 11 is 0. The first-order chi connectivity index (χ1) is 15.2. The van der Waals surface area contributed by atoms with Gasteiger partial charge >= 0.3 is 0 Å². The molecule has 1 heterocycles. The number of carbonyl (C=O) groups excluding carboxylic acids is 2. The molecule has 0 aliphatic carbocycles. The van der Waals surface area contributed by atoms with Crippen LogP contribution in [-0.4, -0.2) is 24.5 Å². The summed E-state index contributed by atoms with van der Waals surface area (Å²) in [6, 6.07) is 0. The molecular formula is C26H38N2O3. The van der Waals surface area contributed by atoms with Gasteiger partial charge in [-0.3, -0.25) is 14.4 Å². The van der Waals surface area contributed by atoms with Gasteiger partial charge in [0.05, 0.1) is 6.42 Å². The summed E-state index contributed by atoms with van der Waals surface area (Å²) in [5, 5.41) is 2.78. The van der Waals surface area contributed by atoms with Gasteiger partial charge in [0.1, 0.15) is 6.10 Å². The van der Waals surface area contributed by atoms with Crippen LogP contribution in [0.15, 0.2) is 72.9 Å². The maximum atomic E-state index is 11.7. The van der Waals surface area contributed by atoms with Crippen LogP contribution in [0.1, 0.15) is 64.7 Å². The normalized spacial score (nSPS) is 17.5. The van der Waals surface area contributed by atoms with Crippen LogP contribution in [0.5, 0.6) is 0 Å². The van der Waals surface area contributed by atoms with E-state index in [2.05, 4.69) is 84.6 Å². The molecule has 1 atom stereocenters. The highest BCUT2D eigenvalue weighted by atomic mass is 16.7. The summed E-state index contributed by atoms with van der Waals surface area (Å²) in [5.41, 5.74) is 2.28. The fourth-order valence-corrected chi connectivity index (χ4v) is 2.72. The Morgan fingerprint density at radius 2 is 1.35 bits per heavy atom. The van der Waals surface area contributed by atoms with Crippen molar-refractivity contribution >= 4 is 11.8 Å². The van der Waals surface area contributed by atoms with Crippen LogP contribution in [0.3, 0.4) is 0 Å². The lowest BCUT2D eigenvalue weighted by Crippen LogP contribution is -2.32. The summed E-state index contributed by atoms with van der Waals surface area (Å²) in [4.78, 5) is 27.7. The predicted octanol–water partition coefficient (Wildman–Crippen LogP) is 5.40. The molecule has 0 bridgehead atoms. The quantitative estimate of drug-likeness (QED) is 0.325. The third kappa shape index (κ3) is 16.8. The fourth-order valence-electron chi connectivity index (χ4n) is 2.72. The van der Waals surface area contributed by atoms with Crippen molar-refractivity contribution in [1.82, 2.24) is 10.8 Å². The summed E-state index contributed by atoms with van der Waals surface area (Å²) in [6.07, 6.45) is 33.0. The fraction of sp³-hybridized carbons (Fsp3) is 0.462. The molecule has 0 radical (unpaired) electrons. The molecule has 1 aliphatic heterocycles. The first-order valence-corrected chi connectivity index (χ1v) is 11.3. The molecule has 0 aromatic rings. The number of hydrogen-bond acceptors (Lipinski definition) is 3. The molecule has 1 unspecified atom stereocenters. The van der Waals surface area contributed by atoms with Crippen LogP contribution < -0.4 is 10.8 Å². The van der Waals surface area contributed by atoms with Gasteiger partial charge in [0.25, 0.3) is 0 Å². The van der Waals surface area contributed by atoms with Crippen molar-refractivity contribution in [3.05, 3.63) is 72.9 Å². The molecule has 5 nitrogen and oxygen atoms in total. The summed E-state index contributed by atoms with van der Waals surface area (Å²) in [7, 11) is 0. The maximum absolute atomic E-state index is 11.7. The number of carbonyl (C=O) groups is 2. The number of rotatable bonds is 16. The zero-order chi connectivity index (χ0) is 22.4. The van der Waals surface area contributed by atoms with Crippen LogP contribution in [0, 0.1) is 0 Å². The van der Waals surface area contributed by atoms with Crippen LogP contribution in [-0.2, 0) is 14.4 Å². The summed E-state index contributed by atoms with van der Waals surface area (Å²) in [6.45, 7) is 2.51. The van der Waals surface area contributed by atoms with Crippen molar-refractivity contribution in [1.29, 1.82) is 0 Å². The van der Waals surface area contributed by atoms with Gasteiger partial charge in [-0.05, 0) is 44.9 Å². The van der Waals surface area contributed by atoms with E-state index in [9.17, 15) is 9.59 Å². The van der Waals surface area contributed by atoms with Crippen LogP contribution in [0.25, 0.3) is 0 Å². The van der Waals surface area contributed by atoms with Crippen molar-refractivity contribution in [3.8, 4) is 0 Å². The van der Waals surface area contributed by atoms with E-state index in [-0.39, 0.29) is 17.9 Å². The monoisotopic (exact) mass is 426 g/mol. The number of allylic oxidation sites excluding steroid dienone is 12. The van der Waals surface area contributed by atoms with Crippen molar-refractivity contribution in [2.45, 2.75) is 70.8 Å². The minimum atomic E-state index is -0.262. The van der Waals surface area contributed by atoms with E-state index in [0.717, 1.165) is 38.5 Å². The van der Waals surface area contributed by atoms with Gasteiger partial charge in [0, 0.05) is 13.0 Å². The summed E-state index contributed by atoms with van der Waals surface area (Å²) < 4.78 is 0. The molecule has 0 aromatic carbocycles. The van der Waals surface area contributed by atoms with Crippen molar-refractivity contribution in [2.24, 2.45) is 0 Å². The zero-order valence-corrected chi connectivity index (χ0v) is 18.8. The van der Waals surface area contributed by atoms with Crippen molar-refractivity contribution in [3.63, 3.8) is 0 Å². The van der Waals surface area contributed by atoms with Gasteiger partial charge in [-0.2, -0.15) is 0 Å². The molecular weight excluding hydrogens is 388 g/mol. The lowest BCUT2D eigenvalue weighted by molar-refractivity contribution is -0.124. The van der Waals surface area contributed by atoms with Crippen LogP contribution >= 0.6 is 0 Å². The number of hydrogen-bond donors (Lipinski definition) is 2. The molecule has 2 N–H and O–H groups in total. The molecule has 5 heteroatoms. The predicted molar refractivity (Wildman–Crippen MR) is 128 cm³/mol. The molecule has 2 amide bonds. The molecule has 0 saturated carbocycles. The lowest BCUT2D eigenvalue weighted by Gasteiger charge is -2.08. The minimum Gasteiger partial charge on any atom is -0.353 e. The van der Waals surface area contributed by atoms with E-state index >= 15 is 0 Å². The van der Waals surface area contributed by atoms with Gasteiger partial charge < -0.3 is 5.32 Å². The van der Waals surface area contributed by atoms with E-state index in [0.29, 0.717) is 25.8 Å². The standard InChI is InChI=1S/C26H38N2O3/c1-2-3-4-5-6-7-8-9-10-11-12-13-14-15-16-17-18-19-20-21-25(29)27-23-24-22-26(30)28-31-24/h3-4,6-7,9-10,12-13,15-16,18-19,24H,2,5,8,11,14,17,20-23H2,1H3,(H,27,29)(H,28,30)/b4-3-,7-6-,10-9-,13-12-,16-15-,19-18-. The average Bonchev–Trinajstić information content (AvgIpc) is 3.19. The molecule has 170 valence electrons. The molecule has 1 rings (SSSR count). The molecule has 1 aliphatic rings. The third-order valence-corrected chi connectivity index (χ3v) is 4.41. The summed E-state index contributed by atoms with van der Waals surface area (Å²) in [5.74, 6) is -0.167. The highest BCUT2D eigenvalue weighted by Crippen LogP contribution is 2.03. The third-order valence-electron chi connectivity index (χ3n) is 4.41. The lowest BCUT2D eigenvalue weighted by atomic mass is 10.2. The smallest absolute Gasteiger partial charge is 0.246 e. The molecule has 1 saturated heterocycles. The minimum absolute atomic E-state index is 0.0255. The molecule has 1 fully saturated rings. The SMILES string of the molecule is CC/C=C\C/C=C\C/C=C\C/C=C\C/C=C\C/C=C\CCC(=O)NCC1CC(=O)NO1. The largest absolute Gasteiger partial charge is 0.353 e. The first-order valence-electron chi connectivity index (χ1n) is 11.3. The number of nitrogens with one attached hydrogen (secondary N) is 2. The van der Waals surface area contributed by atoms with Crippen LogP contribution in [0.2, 0.25) is 0 Å². The second kappa shape index (κ2) is 19.3. The average molecular weight is 427 g/mol. The van der Waals surface area contributed by atoms with E-state index in [1.165, 1.54) is 0 Å². The zero-order valence-electron chi connectivity index (χ0n) is 18.8. The van der Waals surface area contributed by atoms with Gasteiger partial charge in [-0.25, -0.2) is 5.48 Å².